The van der Waals surface area contributed by atoms with Gasteiger partial charge in [-0.05, 0) is 0 Å². The third-order valence-electron chi connectivity index (χ3n) is 3.94. The van der Waals surface area contributed by atoms with Crippen molar-refractivity contribution in [3.05, 3.63) is 27.8 Å². The summed E-state index contributed by atoms with van der Waals surface area (Å²) in [7, 11) is 1.17. The van der Waals surface area contributed by atoms with Crippen molar-refractivity contribution in [2.45, 2.75) is 12.0 Å². The van der Waals surface area contributed by atoms with E-state index in [4.69, 9.17) is 9.84 Å². The summed E-state index contributed by atoms with van der Waals surface area (Å²) in [4.78, 5) is 11.7. The van der Waals surface area contributed by atoms with E-state index in [1.54, 1.807) is 0 Å². The number of methoxy groups -OCH3 is 1. The molecule has 0 unspecified atom stereocenters. The molecule has 1 saturated heterocycles. The molecule has 0 spiro atoms. The first-order chi connectivity index (χ1) is 11.3. The van der Waals surface area contributed by atoms with Gasteiger partial charge in [-0.3, -0.25) is 15.0 Å². The number of ether oxygens (including phenoxy) is 1. The minimum atomic E-state index is -3.60. The maximum absolute atomic E-state index is 14.4. The highest BCUT2D eigenvalue weighted by Gasteiger charge is 2.46. The monoisotopic (exact) mass is 347 g/mol. The van der Waals surface area contributed by atoms with Crippen LogP contribution in [-0.2, 0) is 0 Å². The van der Waals surface area contributed by atoms with E-state index in [-0.39, 0.29) is 24.4 Å². The molecule has 0 radical (unpaired) electrons. The first-order valence-corrected chi connectivity index (χ1v) is 7.30. The molecule has 0 saturated carbocycles. The first kappa shape index (κ1) is 18.3. The Hall–Kier alpha value is -2.04. The highest BCUT2D eigenvalue weighted by atomic mass is 19.3. The summed E-state index contributed by atoms with van der Waals surface area (Å²) in [5.41, 5.74) is -0.824. The topological polar surface area (TPSA) is 108 Å². The Balaban J connectivity index is 2.60. The van der Waals surface area contributed by atoms with Gasteiger partial charge in [-0.2, -0.15) is 0 Å². The van der Waals surface area contributed by atoms with Crippen LogP contribution in [0.4, 0.5) is 14.5 Å². The lowest BCUT2D eigenvalue weighted by molar-refractivity contribution is -0.385. The van der Waals surface area contributed by atoms with Crippen LogP contribution in [0, 0.1) is 10.1 Å². The van der Waals surface area contributed by atoms with Crippen LogP contribution in [0.1, 0.15) is 11.6 Å². The van der Waals surface area contributed by atoms with Gasteiger partial charge in [0.1, 0.15) is 12.6 Å². The molecule has 2 rings (SSSR count). The zero-order chi connectivity index (χ0) is 17.9. The highest BCUT2D eigenvalue weighted by molar-refractivity contribution is 5.55. The van der Waals surface area contributed by atoms with Crippen LogP contribution in [0.5, 0.6) is 11.5 Å². The van der Waals surface area contributed by atoms with Gasteiger partial charge in [0.2, 0.25) is 0 Å². The second-order valence-corrected chi connectivity index (χ2v) is 5.45. The standard InChI is InChI=1S/C14H19F2N3O5/c1-24-11-7-9(19(22)23)6-10(12(11)21)13(14(15,16)8-20)18-4-2-17-3-5-18/h6-7,13,17,20-21H,2-5,8H2,1H3/t13-/m1/s1. The molecule has 0 aromatic heterocycles. The van der Waals surface area contributed by atoms with Crippen molar-refractivity contribution in [1.29, 1.82) is 0 Å². The number of benzene rings is 1. The molecule has 10 heteroatoms. The minimum Gasteiger partial charge on any atom is -0.504 e. The number of nitrogens with one attached hydrogen (secondary N) is 1. The summed E-state index contributed by atoms with van der Waals surface area (Å²) in [6.07, 6.45) is 0. The SMILES string of the molecule is COc1cc([N+](=O)[O-])cc([C@@H](N2CCNCC2)C(F)(F)CO)c1O. The number of nitro benzene ring substituents is 1. The molecule has 134 valence electrons. The molecule has 3 N–H and O–H groups in total. The number of aliphatic hydroxyl groups excluding tert-OH is 1. The highest BCUT2D eigenvalue weighted by Crippen LogP contribution is 2.45. The van der Waals surface area contributed by atoms with Crippen LogP contribution in [-0.4, -0.2) is 65.9 Å². The third-order valence-corrected chi connectivity index (χ3v) is 3.94. The van der Waals surface area contributed by atoms with Crippen LogP contribution in [0.25, 0.3) is 0 Å². The molecule has 1 aliphatic rings. The van der Waals surface area contributed by atoms with Gasteiger partial charge in [0.25, 0.3) is 11.6 Å². The fourth-order valence-corrected chi connectivity index (χ4v) is 2.80. The lowest BCUT2D eigenvalue weighted by Crippen LogP contribution is -2.51. The van der Waals surface area contributed by atoms with Crippen LogP contribution in [0.2, 0.25) is 0 Å². The van der Waals surface area contributed by atoms with Crippen molar-refractivity contribution in [3.63, 3.8) is 0 Å². The van der Waals surface area contributed by atoms with Gasteiger partial charge in [-0.25, -0.2) is 8.78 Å². The predicted molar refractivity (Wildman–Crippen MR) is 80.5 cm³/mol. The molecule has 1 fully saturated rings. The quantitative estimate of drug-likeness (QED) is 0.518. The van der Waals surface area contributed by atoms with Crippen LogP contribution >= 0.6 is 0 Å². The molecule has 1 heterocycles. The van der Waals surface area contributed by atoms with Gasteiger partial charge in [0.15, 0.2) is 11.5 Å². The molecule has 0 bridgehead atoms. The Bertz CT molecular complexity index is 608. The number of nitrogens with zero attached hydrogens (tertiary/aromatic N) is 2. The number of rotatable bonds is 6. The Labute approximate surface area is 136 Å². The summed E-state index contributed by atoms with van der Waals surface area (Å²) in [6, 6.07) is 0.150. The Kier molecular flexibility index (Phi) is 5.52. The van der Waals surface area contributed by atoms with Crippen molar-refractivity contribution in [2.24, 2.45) is 0 Å². The van der Waals surface area contributed by atoms with Gasteiger partial charge in [-0.1, -0.05) is 0 Å². The van der Waals surface area contributed by atoms with E-state index in [0.29, 0.717) is 13.1 Å². The normalized spacial score (nSPS) is 17.5. The molecule has 1 aromatic carbocycles. The summed E-state index contributed by atoms with van der Waals surface area (Å²) in [6.45, 7) is -0.0723. The molecule has 1 aromatic rings. The number of halogens is 2. The van der Waals surface area contributed by atoms with Gasteiger partial charge in [-0.15, -0.1) is 0 Å². The fraction of sp³-hybridized carbons (Fsp3) is 0.571. The maximum atomic E-state index is 14.4. The summed E-state index contributed by atoms with van der Waals surface area (Å²) < 4.78 is 33.7. The number of nitro groups is 1. The largest absolute Gasteiger partial charge is 0.504 e. The predicted octanol–water partition coefficient (Wildman–Crippen LogP) is 0.883. The molecule has 1 aliphatic heterocycles. The summed E-state index contributed by atoms with van der Waals surface area (Å²) in [5, 5.41) is 33.4. The Morgan fingerprint density at radius 3 is 2.58 bits per heavy atom. The summed E-state index contributed by atoms with van der Waals surface area (Å²) >= 11 is 0. The van der Waals surface area contributed by atoms with E-state index >= 15 is 0 Å². The Morgan fingerprint density at radius 2 is 2.08 bits per heavy atom. The fourth-order valence-electron chi connectivity index (χ4n) is 2.80. The second kappa shape index (κ2) is 7.24. The lowest BCUT2D eigenvalue weighted by Gasteiger charge is -2.38. The smallest absolute Gasteiger partial charge is 0.290 e. The molecule has 24 heavy (non-hydrogen) atoms. The second-order valence-electron chi connectivity index (χ2n) is 5.45. The Morgan fingerprint density at radius 1 is 1.46 bits per heavy atom. The van der Waals surface area contributed by atoms with Crippen molar-refractivity contribution in [2.75, 3.05) is 39.9 Å². The molecule has 8 nitrogen and oxygen atoms in total. The summed E-state index contributed by atoms with van der Waals surface area (Å²) in [5.74, 6) is -4.47. The molecular formula is C14H19F2N3O5. The minimum absolute atomic E-state index is 0.241. The molecular weight excluding hydrogens is 328 g/mol. The number of hydrogen-bond acceptors (Lipinski definition) is 7. The first-order valence-electron chi connectivity index (χ1n) is 7.30. The van der Waals surface area contributed by atoms with Gasteiger partial charge < -0.3 is 20.3 Å². The van der Waals surface area contributed by atoms with E-state index in [1.165, 1.54) is 12.0 Å². The number of phenolic OH excluding ortho intramolecular Hbond substituents is 1. The van der Waals surface area contributed by atoms with Crippen LogP contribution in [0.15, 0.2) is 12.1 Å². The van der Waals surface area contributed by atoms with Crippen molar-refractivity contribution in [1.82, 2.24) is 10.2 Å². The average molecular weight is 347 g/mol. The zero-order valence-electron chi connectivity index (χ0n) is 13.0. The lowest BCUT2D eigenvalue weighted by atomic mass is 9.96. The van der Waals surface area contributed by atoms with Crippen molar-refractivity contribution < 1.29 is 28.7 Å². The van der Waals surface area contributed by atoms with E-state index in [9.17, 15) is 24.0 Å². The van der Waals surface area contributed by atoms with E-state index < -0.39 is 34.9 Å². The van der Waals surface area contributed by atoms with Gasteiger partial charge >= 0.3 is 0 Å². The zero-order valence-corrected chi connectivity index (χ0v) is 13.0. The van der Waals surface area contributed by atoms with Gasteiger partial charge in [0, 0.05) is 37.8 Å². The maximum Gasteiger partial charge on any atom is 0.290 e. The van der Waals surface area contributed by atoms with Crippen LogP contribution < -0.4 is 10.1 Å². The van der Waals surface area contributed by atoms with E-state index in [2.05, 4.69) is 5.32 Å². The number of aliphatic hydroxyl groups is 1. The van der Waals surface area contributed by atoms with Crippen molar-refractivity contribution in [3.8, 4) is 11.5 Å². The molecule has 0 amide bonds. The number of aromatic hydroxyl groups is 1. The third kappa shape index (κ3) is 3.55. The van der Waals surface area contributed by atoms with Gasteiger partial charge in [0.05, 0.1) is 18.1 Å². The molecule has 1 atom stereocenters. The molecule has 0 aliphatic carbocycles. The van der Waals surface area contributed by atoms with Crippen LogP contribution in [0.3, 0.4) is 0 Å². The van der Waals surface area contributed by atoms with E-state index in [1.807, 2.05) is 0 Å². The van der Waals surface area contributed by atoms with E-state index in [0.717, 1.165) is 12.1 Å². The average Bonchev–Trinajstić information content (AvgIpc) is 2.57. The number of non-ortho nitro benzene ring substituents is 1. The number of alkyl halides is 2. The number of hydrogen-bond donors (Lipinski definition) is 3. The number of piperazine rings is 1. The van der Waals surface area contributed by atoms with Crippen molar-refractivity contribution >= 4 is 5.69 Å². The number of phenols is 1.